The van der Waals surface area contributed by atoms with Gasteiger partial charge in [0.15, 0.2) is 0 Å². The number of carbonyl (C=O) groups excluding carboxylic acids is 1. The Kier molecular flexibility index (Phi) is 5.81. The minimum atomic E-state index is -0.214. The molecule has 1 N–H and O–H groups in total. The fourth-order valence-corrected chi connectivity index (χ4v) is 3.05. The zero-order chi connectivity index (χ0) is 20.1. The second-order valence-corrected chi connectivity index (χ2v) is 8.16. The summed E-state index contributed by atoms with van der Waals surface area (Å²) in [6.07, 6.45) is 0. The van der Waals surface area contributed by atoms with Gasteiger partial charge in [0.2, 0.25) is 11.8 Å². The fourth-order valence-electron chi connectivity index (χ4n) is 2.49. The zero-order valence-electron chi connectivity index (χ0n) is 15.9. The molecule has 0 unspecified atom stereocenters. The number of anilines is 1. The highest BCUT2D eigenvalue weighted by atomic mass is 32.2. The molecule has 1 amide bonds. The van der Waals surface area contributed by atoms with E-state index in [-0.39, 0.29) is 17.1 Å². The Morgan fingerprint density at radius 1 is 1.18 bits per heavy atom. The van der Waals surface area contributed by atoms with Crippen LogP contribution in [0.5, 0.6) is 0 Å². The number of aromatic nitrogens is 2. The molecular formula is C21H20N4O2S. The van der Waals surface area contributed by atoms with E-state index in [0.717, 1.165) is 17.3 Å². The highest BCUT2D eigenvalue weighted by Crippen LogP contribution is 2.27. The molecule has 0 radical (unpaired) electrons. The van der Waals surface area contributed by atoms with Gasteiger partial charge in [0.05, 0.1) is 17.4 Å². The number of hydrogen-bond donors (Lipinski definition) is 1. The van der Waals surface area contributed by atoms with Gasteiger partial charge < -0.3 is 9.73 Å². The average Bonchev–Trinajstić information content (AvgIpc) is 3.15. The number of thioether (sulfide) groups is 1. The molecule has 28 heavy (non-hydrogen) atoms. The average molecular weight is 392 g/mol. The van der Waals surface area contributed by atoms with Crippen LogP contribution in [-0.2, 0) is 10.2 Å². The van der Waals surface area contributed by atoms with E-state index in [2.05, 4.69) is 48.4 Å². The van der Waals surface area contributed by atoms with Crippen LogP contribution in [-0.4, -0.2) is 21.9 Å². The molecule has 0 saturated heterocycles. The van der Waals surface area contributed by atoms with E-state index < -0.39 is 0 Å². The van der Waals surface area contributed by atoms with Crippen LogP contribution in [0, 0.1) is 11.3 Å². The fraction of sp³-hybridized carbons (Fsp3) is 0.238. The normalized spacial score (nSPS) is 11.1. The van der Waals surface area contributed by atoms with Crippen molar-refractivity contribution in [3.8, 4) is 17.5 Å². The number of carbonyl (C=O) groups is 1. The third-order valence-corrected chi connectivity index (χ3v) is 4.82. The minimum Gasteiger partial charge on any atom is -0.411 e. The molecule has 3 aromatic rings. The first-order valence-corrected chi connectivity index (χ1v) is 9.71. The molecule has 0 saturated carbocycles. The van der Waals surface area contributed by atoms with Gasteiger partial charge in [0.25, 0.3) is 5.22 Å². The van der Waals surface area contributed by atoms with Crippen molar-refractivity contribution in [1.29, 1.82) is 5.26 Å². The van der Waals surface area contributed by atoms with Gasteiger partial charge in [-0.25, -0.2) is 0 Å². The molecule has 1 heterocycles. The molecule has 6 nitrogen and oxygen atoms in total. The maximum atomic E-state index is 12.1. The predicted octanol–water partition coefficient (Wildman–Crippen LogP) is 4.64. The van der Waals surface area contributed by atoms with E-state index in [4.69, 9.17) is 9.68 Å². The second-order valence-electron chi connectivity index (χ2n) is 7.23. The van der Waals surface area contributed by atoms with Crippen molar-refractivity contribution >= 4 is 23.4 Å². The zero-order valence-corrected chi connectivity index (χ0v) is 16.7. The summed E-state index contributed by atoms with van der Waals surface area (Å²) in [4.78, 5) is 12.1. The molecule has 2 aromatic carbocycles. The molecule has 142 valence electrons. The highest BCUT2D eigenvalue weighted by Gasteiger charge is 2.15. The third-order valence-electron chi connectivity index (χ3n) is 4.01. The summed E-state index contributed by atoms with van der Waals surface area (Å²) in [5.41, 5.74) is 3.21. The van der Waals surface area contributed by atoms with Crippen molar-refractivity contribution in [1.82, 2.24) is 10.2 Å². The maximum Gasteiger partial charge on any atom is 0.277 e. The summed E-state index contributed by atoms with van der Waals surface area (Å²) in [5, 5.41) is 20.0. The number of nitrogens with one attached hydrogen (secondary N) is 1. The molecule has 0 aliphatic carbocycles. The molecule has 1 aromatic heterocycles. The number of rotatable bonds is 5. The number of nitriles is 1. The van der Waals surface area contributed by atoms with Gasteiger partial charge in [-0.2, -0.15) is 5.26 Å². The summed E-state index contributed by atoms with van der Waals surface area (Å²) < 4.78 is 5.65. The molecule has 0 aliphatic rings. The summed E-state index contributed by atoms with van der Waals surface area (Å²) in [6, 6.07) is 16.8. The Morgan fingerprint density at radius 3 is 2.61 bits per heavy atom. The van der Waals surface area contributed by atoms with Gasteiger partial charge in [0.1, 0.15) is 0 Å². The minimum absolute atomic E-state index is 0.0779. The van der Waals surface area contributed by atoms with E-state index >= 15 is 0 Å². The lowest BCUT2D eigenvalue weighted by Gasteiger charge is -2.18. The first-order valence-electron chi connectivity index (χ1n) is 8.72. The summed E-state index contributed by atoms with van der Waals surface area (Å²) in [7, 11) is 0. The lowest BCUT2D eigenvalue weighted by Crippen LogP contribution is -2.14. The van der Waals surface area contributed by atoms with Gasteiger partial charge >= 0.3 is 0 Å². The quantitative estimate of drug-likeness (QED) is 0.636. The van der Waals surface area contributed by atoms with Gasteiger partial charge in [-0.15, -0.1) is 10.2 Å². The third kappa shape index (κ3) is 4.99. The molecule has 0 spiro atoms. The van der Waals surface area contributed by atoms with Crippen LogP contribution in [0.1, 0.15) is 31.9 Å². The Labute approximate surface area is 168 Å². The smallest absolute Gasteiger partial charge is 0.277 e. The van der Waals surface area contributed by atoms with Crippen LogP contribution in [0.25, 0.3) is 11.5 Å². The first kappa shape index (κ1) is 19.6. The number of nitrogens with zero attached hydrogens (tertiary/aromatic N) is 3. The Hall–Kier alpha value is -3.11. The van der Waals surface area contributed by atoms with Crippen LogP contribution in [0.3, 0.4) is 0 Å². The molecule has 0 fully saturated rings. The standard InChI is InChI=1S/C21H20N4O2S/c1-21(2,3)16-9-7-15(8-10-16)19-24-25-20(27-19)28-13-18(26)23-17-6-4-5-14(11-17)12-22/h4-11H,13H2,1-3H3,(H,23,26). The van der Waals surface area contributed by atoms with E-state index in [1.54, 1.807) is 24.3 Å². The Morgan fingerprint density at radius 2 is 1.93 bits per heavy atom. The summed E-state index contributed by atoms with van der Waals surface area (Å²) >= 11 is 1.16. The van der Waals surface area contributed by atoms with Crippen LogP contribution in [0.4, 0.5) is 5.69 Å². The van der Waals surface area contributed by atoms with Crippen molar-refractivity contribution in [2.24, 2.45) is 0 Å². The van der Waals surface area contributed by atoms with Crippen molar-refractivity contribution in [3.05, 3.63) is 59.7 Å². The predicted molar refractivity (Wildman–Crippen MR) is 109 cm³/mol. The van der Waals surface area contributed by atoms with Crippen LogP contribution < -0.4 is 5.32 Å². The summed E-state index contributed by atoms with van der Waals surface area (Å²) in [5.74, 6) is 0.334. The molecule has 0 atom stereocenters. The Bertz CT molecular complexity index is 1010. The molecule has 7 heteroatoms. The van der Waals surface area contributed by atoms with Crippen molar-refractivity contribution in [2.75, 3.05) is 11.1 Å². The highest BCUT2D eigenvalue weighted by molar-refractivity contribution is 7.99. The van der Waals surface area contributed by atoms with Gasteiger partial charge in [-0.3, -0.25) is 4.79 Å². The Balaban J connectivity index is 1.58. The molecule has 0 bridgehead atoms. The second kappa shape index (κ2) is 8.28. The van der Waals surface area contributed by atoms with Gasteiger partial charge in [-0.05, 0) is 41.3 Å². The van der Waals surface area contributed by atoms with Crippen molar-refractivity contribution in [2.45, 2.75) is 31.4 Å². The van der Waals surface area contributed by atoms with E-state index in [9.17, 15) is 4.79 Å². The summed E-state index contributed by atoms with van der Waals surface area (Å²) in [6.45, 7) is 6.47. The monoisotopic (exact) mass is 392 g/mol. The lowest BCUT2D eigenvalue weighted by molar-refractivity contribution is -0.113. The maximum absolute atomic E-state index is 12.1. The van der Waals surface area contributed by atoms with Crippen LogP contribution >= 0.6 is 11.8 Å². The van der Waals surface area contributed by atoms with Crippen LogP contribution in [0.2, 0.25) is 0 Å². The van der Waals surface area contributed by atoms with E-state index in [0.29, 0.717) is 22.4 Å². The number of hydrogen-bond acceptors (Lipinski definition) is 6. The topological polar surface area (TPSA) is 91.8 Å². The first-order chi connectivity index (χ1) is 13.3. The number of amides is 1. The largest absolute Gasteiger partial charge is 0.411 e. The van der Waals surface area contributed by atoms with Crippen LogP contribution in [0.15, 0.2) is 58.2 Å². The van der Waals surface area contributed by atoms with E-state index in [1.807, 2.05) is 18.2 Å². The van der Waals surface area contributed by atoms with Crippen molar-refractivity contribution < 1.29 is 9.21 Å². The number of benzene rings is 2. The van der Waals surface area contributed by atoms with E-state index in [1.165, 1.54) is 5.56 Å². The molecular weight excluding hydrogens is 372 g/mol. The van der Waals surface area contributed by atoms with Gasteiger partial charge in [0, 0.05) is 11.3 Å². The van der Waals surface area contributed by atoms with Gasteiger partial charge in [-0.1, -0.05) is 50.7 Å². The lowest BCUT2D eigenvalue weighted by atomic mass is 9.87. The van der Waals surface area contributed by atoms with Crippen molar-refractivity contribution in [3.63, 3.8) is 0 Å². The molecule has 0 aliphatic heterocycles. The molecule has 3 rings (SSSR count). The SMILES string of the molecule is CC(C)(C)c1ccc(-c2nnc(SCC(=O)Nc3cccc(C#N)c3)o2)cc1.